The van der Waals surface area contributed by atoms with Gasteiger partial charge < -0.3 is 19.5 Å². The van der Waals surface area contributed by atoms with Crippen LogP contribution in [-0.4, -0.2) is 53.5 Å². The zero-order valence-electron chi connectivity index (χ0n) is 10.1. The molecule has 6 heteroatoms. The molecule has 0 aliphatic carbocycles. The van der Waals surface area contributed by atoms with Gasteiger partial charge in [-0.15, -0.1) is 0 Å². The van der Waals surface area contributed by atoms with Crippen molar-refractivity contribution in [2.75, 3.05) is 19.7 Å². The molecule has 1 atom stereocenters. The number of aliphatic carboxylic acids is 1. The number of amides is 1. The number of carbonyl (C=O) groups excluding carboxylic acids is 1. The highest BCUT2D eigenvalue weighted by Crippen LogP contribution is 2.39. The first-order chi connectivity index (χ1) is 8.54. The Morgan fingerprint density at radius 3 is 2.89 bits per heavy atom. The molecule has 0 saturated carbocycles. The number of hydrogen-bond donors (Lipinski definition) is 1. The zero-order chi connectivity index (χ0) is 13.2. The highest BCUT2D eigenvalue weighted by atomic mass is 16.6. The third-order valence-corrected chi connectivity index (χ3v) is 3.28. The van der Waals surface area contributed by atoms with Gasteiger partial charge in [0.1, 0.15) is 12.2 Å². The summed E-state index contributed by atoms with van der Waals surface area (Å²) in [5, 5.41) is 8.70. The van der Waals surface area contributed by atoms with Crippen molar-refractivity contribution < 1.29 is 24.2 Å². The van der Waals surface area contributed by atoms with Gasteiger partial charge in [-0.1, -0.05) is 12.7 Å². The van der Waals surface area contributed by atoms with E-state index in [0.29, 0.717) is 13.1 Å². The van der Waals surface area contributed by atoms with E-state index >= 15 is 0 Å². The van der Waals surface area contributed by atoms with Gasteiger partial charge in [0.15, 0.2) is 0 Å². The van der Waals surface area contributed by atoms with Crippen LogP contribution in [0.2, 0.25) is 0 Å². The van der Waals surface area contributed by atoms with Crippen molar-refractivity contribution >= 4 is 12.1 Å². The molecule has 0 radical (unpaired) electrons. The predicted molar refractivity (Wildman–Crippen MR) is 62.2 cm³/mol. The highest BCUT2D eigenvalue weighted by Gasteiger charge is 2.51. The predicted octanol–water partition coefficient (Wildman–Crippen LogP) is 1.02. The molecule has 0 aromatic carbocycles. The van der Waals surface area contributed by atoms with Crippen LogP contribution in [0.3, 0.4) is 0 Å². The van der Waals surface area contributed by atoms with Crippen LogP contribution in [0.15, 0.2) is 12.7 Å². The van der Waals surface area contributed by atoms with E-state index in [4.69, 9.17) is 14.6 Å². The average molecular weight is 255 g/mol. The summed E-state index contributed by atoms with van der Waals surface area (Å²) in [6, 6.07) is 0. The van der Waals surface area contributed by atoms with Crippen molar-refractivity contribution in [2.45, 2.75) is 31.0 Å². The fourth-order valence-electron chi connectivity index (χ4n) is 2.47. The lowest BCUT2D eigenvalue weighted by molar-refractivity contribution is -0.149. The van der Waals surface area contributed by atoms with Crippen LogP contribution in [0.25, 0.3) is 0 Å². The van der Waals surface area contributed by atoms with Gasteiger partial charge >= 0.3 is 12.1 Å². The molecule has 18 heavy (non-hydrogen) atoms. The minimum Gasteiger partial charge on any atom is -0.481 e. The largest absolute Gasteiger partial charge is 0.481 e. The Labute approximate surface area is 105 Å². The third-order valence-electron chi connectivity index (χ3n) is 3.28. The summed E-state index contributed by atoms with van der Waals surface area (Å²) in [4.78, 5) is 23.6. The molecule has 2 aliphatic heterocycles. The number of carbonyl (C=O) groups is 2. The topological polar surface area (TPSA) is 76.1 Å². The number of nitrogens with zero attached hydrogens (tertiary/aromatic N) is 1. The second kappa shape index (κ2) is 4.97. The van der Waals surface area contributed by atoms with Crippen molar-refractivity contribution in [1.82, 2.24) is 4.90 Å². The standard InChI is InChI=1S/C12H17NO5/c1-2-5-17-11(16)13-7-12(8-13)4-3-9(18-12)6-10(14)15/h2,9H,1,3-8H2,(H,14,15). The Balaban J connectivity index is 1.76. The Bertz CT molecular complexity index is 361. The first-order valence-corrected chi connectivity index (χ1v) is 5.97. The smallest absolute Gasteiger partial charge is 0.410 e. The summed E-state index contributed by atoms with van der Waals surface area (Å²) in [7, 11) is 0. The van der Waals surface area contributed by atoms with Gasteiger partial charge in [-0.05, 0) is 12.8 Å². The second-order valence-electron chi connectivity index (χ2n) is 4.78. The molecule has 0 bridgehead atoms. The van der Waals surface area contributed by atoms with Crippen molar-refractivity contribution in [3.05, 3.63) is 12.7 Å². The number of carboxylic acid groups (broad SMARTS) is 1. The maximum Gasteiger partial charge on any atom is 0.410 e. The molecule has 2 fully saturated rings. The van der Waals surface area contributed by atoms with Gasteiger partial charge in [-0.25, -0.2) is 4.79 Å². The van der Waals surface area contributed by atoms with E-state index < -0.39 is 5.97 Å². The minimum atomic E-state index is -0.848. The summed E-state index contributed by atoms with van der Waals surface area (Å²) in [5.41, 5.74) is -0.340. The Kier molecular flexibility index (Phi) is 3.56. The minimum absolute atomic E-state index is 0.0304. The Morgan fingerprint density at radius 1 is 1.56 bits per heavy atom. The van der Waals surface area contributed by atoms with Gasteiger partial charge in [-0.3, -0.25) is 4.79 Å². The van der Waals surface area contributed by atoms with E-state index in [-0.39, 0.29) is 30.8 Å². The van der Waals surface area contributed by atoms with Crippen molar-refractivity contribution in [2.24, 2.45) is 0 Å². The van der Waals surface area contributed by atoms with Gasteiger partial charge in [0.2, 0.25) is 0 Å². The van der Waals surface area contributed by atoms with Gasteiger partial charge in [-0.2, -0.15) is 0 Å². The summed E-state index contributed by atoms with van der Waals surface area (Å²) < 4.78 is 10.6. The molecule has 1 spiro atoms. The average Bonchev–Trinajstić information content (AvgIpc) is 2.67. The molecule has 1 amide bonds. The molecule has 100 valence electrons. The van der Waals surface area contributed by atoms with Crippen LogP contribution in [0.1, 0.15) is 19.3 Å². The summed E-state index contributed by atoms with van der Waals surface area (Å²) in [5.74, 6) is -0.848. The third kappa shape index (κ3) is 2.64. The van der Waals surface area contributed by atoms with Gasteiger partial charge in [0.25, 0.3) is 0 Å². The number of carboxylic acids is 1. The van der Waals surface area contributed by atoms with E-state index in [2.05, 4.69) is 6.58 Å². The van der Waals surface area contributed by atoms with Crippen LogP contribution in [-0.2, 0) is 14.3 Å². The monoisotopic (exact) mass is 255 g/mol. The van der Waals surface area contributed by atoms with E-state index in [1.54, 1.807) is 4.90 Å². The molecule has 2 heterocycles. The molecule has 6 nitrogen and oxygen atoms in total. The SMILES string of the molecule is C=CCOC(=O)N1CC2(CCC(CC(=O)O)O2)C1. The van der Waals surface area contributed by atoms with E-state index in [0.717, 1.165) is 12.8 Å². The van der Waals surface area contributed by atoms with Crippen molar-refractivity contribution in [3.63, 3.8) is 0 Å². The van der Waals surface area contributed by atoms with E-state index in [1.165, 1.54) is 6.08 Å². The Morgan fingerprint density at radius 2 is 2.28 bits per heavy atom. The molecule has 2 saturated heterocycles. The van der Waals surface area contributed by atoms with E-state index in [1.807, 2.05) is 0 Å². The van der Waals surface area contributed by atoms with Crippen LogP contribution in [0, 0.1) is 0 Å². The molecular formula is C12H17NO5. The van der Waals surface area contributed by atoms with Crippen LogP contribution < -0.4 is 0 Å². The molecule has 0 aromatic heterocycles. The maximum atomic E-state index is 11.5. The maximum absolute atomic E-state index is 11.5. The lowest BCUT2D eigenvalue weighted by atomic mass is 9.91. The van der Waals surface area contributed by atoms with Gasteiger partial charge in [0, 0.05) is 0 Å². The summed E-state index contributed by atoms with van der Waals surface area (Å²) in [6.07, 6.45) is 2.49. The normalized spacial score (nSPS) is 24.7. The fraction of sp³-hybridized carbons (Fsp3) is 0.667. The molecule has 2 aliphatic rings. The number of hydrogen-bond acceptors (Lipinski definition) is 4. The lowest BCUT2D eigenvalue weighted by Crippen LogP contribution is -2.63. The van der Waals surface area contributed by atoms with Crippen LogP contribution in [0.5, 0.6) is 0 Å². The van der Waals surface area contributed by atoms with Crippen molar-refractivity contribution in [3.8, 4) is 0 Å². The number of rotatable bonds is 4. The highest BCUT2D eigenvalue weighted by molar-refractivity contribution is 5.69. The first kappa shape index (κ1) is 12.9. The first-order valence-electron chi connectivity index (χ1n) is 5.97. The molecule has 1 N–H and O–H groups in total. The summed E-state index contributed by atoms with van der Waals surface area (Å²) >= 11 is 0. The van der Waals surface area contributed by atoms with E-state index in [9.17, 15) is 9.59 Å². The zero-order valence-corrected chi connectivity index (χ0v) is 10.1. The second-order valence-corrected chi connectivity index (χ2v) is 4.78. The molecule has 2 rings (SSSR count). The fourth-order valence-corrected chi connectivity index (χ4v) is 2.47. The van der Waals surface area contributed by atoms with Crippen molar-refractivity contribution in [1.29, 1.82) is 0 Å². The van der Waals surface area contributed by atoms with Gasteiger partial charge in [0.05, 0.1) is 25.6 Å². The molecule has 0 aromatic rings. The Hall–Kier alpha value is -1.56. The number of ether oxygens (including phenoxy) is 2. The summed E-state index contributed by atoms with van der Waals surface area (Å²) in [6.45, 7) is 4.64. The lowest BCUT2D eigenvalue weighted by Gasteiger charge is -2.46. The quantitative estimate of drug-likeness (QED) is 0.759. The van der Waals surface area contributed by atoms with Crippen LogP contribution >= 0.6 is 0 Å². The molecular weight excluding hydrogens is 238 g/mol. The van der Waals surface area contributed by atoms with Crippen LogP contribution in [0.4, 0.5) is 4.79 Å². The molecule has 1 unspecified atom stereocenters. The number of likely N-dealkylation sites (tertiary alicyclic amines) is 1.